The molecule has 13 heteroatoms. The van der Waals surface area contributed by atoms with Crippen LogP contribution in [0.4, 0.5) is 22.4 Å². The first kappa shape index (κ1) is 22.2. The third-order valence-electron chi connectivity index (χ3n) is 5.07. The summed E-state index contributed by atoms with van der Waals surface area (Å²) < 4.78 is 35.9. The smallest absolute Gasteiger partial charge is 0.317 e. The standard InChI is InChI=1S/C19H25N7O5S/c1-32(28,29)17-13(2-3-15(22-17)23-18(20)27)14-12-16(25-4-8-30-9-5-25)24-19(21-14)26-6-10-31-11-7-26/h2-3,12H,4-11H2,1H3,(H3,20,22,23,27). The third-order valence-corrected chi connectivity index (χ3v) is 6.08. The molecule has 4 heterocycles. The maximum absolute atomic E-state index is 12.5. The second-order valence-corrected chi connectivity index (χ2v) is 9.35. The molecule has 0 unspecified atom stereocenters. The van der Waals surface area contributed by atoms with Gasteiger partial charge in [0.1, 0.15) is 11.6 Å². The Bertz CT molecular complexity index is 1060. The molecule has 12 nitrogen and oxygen atoms in total. The topological polar surface area (TPSA) is 153 Å². The van der Waals surface area contributed by atoms with Gasteiger partial charge in [-0.1, -0.05) is 0 Å². The molecule has 2 aliphatic heterocycles. The van der Waals surface area contributed by atoms with Crippen LogP contribution in [0.2, 0.25) is 0 Å². The molecule has 2 amide bonds. The Labute approximate surface area is 185 Å². The van der Waals surface area contributed by atoms with Crippen molar-refractivity contribution in [2.24, 2.45) is 5.73 Å². The van der Waals surface area contributed by atoms with Gasteiger partial charge >= 0.3 is 6.03 Å². The van der Waals surface area contributed by atoms with E-state index in [1.54, 1.807) is 12.1 Å². The summed E-state index contributed by atoms with van der Waals surface area (Å²) in [5.41, 5.74) is 5.88. The van der Waals surface area contributed by atoms with Crippen molar-refractivity contribution < 1.29 is 22.7 Å². The Balaban J connectivity index is 1.83. The van der Waals surface area contributed by atoms with Crippen molar-refractivity contribution >= 4 is 33.5 Å². The molecule has 2 aliphatic rings. The number of anilines is 3. The van der Waals surface area contributed by atoms with Crippen LogP contribution in [-0.2, 0) is 19.3 Å². The molecule has 2 saturated heterocycles. The van der Waals surface area contributed by atoms with Gasteiger partial charge in [-0.3, -0.25) is 5.32 Å². The second kappa shape index (κ2) is 9.22. The van der Waals surface area contributed by atoms with Gasteiger partial charge in [-0.2, -0.15) is 4.98 Å². The fourth-order valence-corrected chi connectivity index (χ4v) is 4.37. The van der Waals surface area contributed by atoms with Crippen LogP contribution in [0, 0.1) is 0 Å². The van der Waals surface area contributed by atoms with Gasteiger partial charge in [0.2, 0.25) is 5.95 Å². The van der Waals surface area contributed by atoms with Crippen LogP contribution in [0.15, 0.2) is 23.2 Å². The Morgan fingerprint density at radius 1 is 1.00 bits per heavy atom. The average Bonchev–Trinajstić information content (AvgIpc) is 2.79. The Morgan fingerprint density at radius 3 is 2.22 bits per heavy atom. The lowest BCUT2D eigenvalue weighted by atomic mass is 10.2. The molecule has 3 N–H and O–H groups in total. The number of hydrogen-bond donors (Lipinski definition) is 2. The molecular formula is C19H25N7O5S. The molecule has 0 spiro atoms. The molecule has 0 aliphatic carbocycles. The molecule has 0 radical (unpaired) electrons. The molecule has 2 fully saturated rings. The largest absolute Gasteiger partial charge is 0.378 e. The van der Waals surface area contributed by atoms with E-state index in [0.717, 1.165) is 6.26 Å². The van der Waals surface area contributed by atoms with Crippen LogP contribution in [0.25, 0.3) is 11.3 Å². The van der Waals surface area contributed by atoms with Gasteiger partial charge in [0, 0.05) is 44.1 Å². The van der Waals surface area contributed by atoms with E-state index in [9.17, 15) is 13.2 Å². The molecule has 4 rings (SSSR count). The highest BCUT2D eigenvalue weighted by Crippen LogP contribution is 2.30. The Hall–Kier alpha value is -3.03. The number of carbonyl (C=O) groups excluding carboxylic acids is 1. The van der Waals surface area contributed by atoms with Crippen molar-refractivity contribution in [2.45, 2.75) is 5.03 Å². The second-order valence-electron chi connectivity index (χ2n) is 7.42. The van der Waals surface area contributed by atoms with Crippen molar-refractivity contribution in [2.75, 3.05) is 74.0 Å². The van der Waals surface area contributed by atoms with Crippen molar-refractivity contribution in [3.8, 4) is 11.3 Å². The molecule has 172 valence electrons. The minimum Gasteiger partial charge on any atom is -0.378 e. The van der Waals surface area contributed by atoms with E-state index in [2.05, 4.69) is 20.2 Å². The van der Waals surface area contributed by atoms with E-state index in [4.69, 9.17) is 20.2 Å². The Kier molecular flexibility index (Phi) is 6.39. The van der Waals surface area contributed by atoms with Crippen LogP contribution in [0.5, 0.6) is 0 Å². The summed E-state index contributed by atoms with van der Waals surface area (Å²) in [5, 5.41) is 2.10. The van der Waals surface area contributed by atoms with Crippen LogP contribution in [-0.4, -0.2) is 88.3 Å². The van der Waals surface area contributed by atoms with E-state index in [0.29, 0.717) is 75.6 Å². The zero-order chi connectivity index (χ0) is 22.7. The highest BCUT2D eigenvalue weighted by molar-refractivity contribution is 7.90. The SMILES string of the molecule is CS(=O)(=O)c1nc(NC(N)=O)ccc1-c1cc(N2CCOCC2)nc(N2CCOCC2)n1. The number of urea groups is 1. The molecule has 0 aromatic carbocycles. The molecule has 2 aromatic rings. The summed E-state index contributed by atoms with van der Waals surface area (Å²) >= 11 is 0. The first-order valence-electron chi connectivity index (χ1n) is 10.1. The van der Waals surface area contributed by atoms with Gasteiger partial charge in [0.15, 0.2) is 14.9 Å². The Morgan fingerprint density at radius 2 is 1.62 bits per heavy atom. The lowest BCUT2D eigenvalue weighted by Crippen LogP contribution is -2.39. The number of carbonyl (C=O) groups is 1. The lowest BCUT2D eigenvalue weighted by molar-refractivity contribution is 0.121. The minimum atomic E-state index is -3.75. The quantitative estimate of drug-likeness (QED) is 0.624. The zero-order valence-electron chi connectivity index (χ0n) is 17.7. The molecule has 32 heavy (non-hydrogen) atoms. The number of amides is 2. The minimum absolute atomic E-state index is 0.0394. The lowest BCUT2D eigenvalue weighted by Gasteiger charge is -2.31. The summed E-state index contributed by atoms with van der Waals surface area (Å²) in [5.74, 6) is 1.21. The van der Waals surface area contributed by atoms with Crippen molar-refractivity contribution in [3.05, 3.63) is 18.2 Å². The molecule has 0 bridgehead atoms. The van der Waals surface area contributed by atoms with E-state index >= 15 is 0 Å². The number of nitrogens with two attached hydrogens (primary N) is 1. The zero-order valence-corrected chi connectivity index (χ0v) is 18.5. The van der Waals surface area contributed by atoms with Crippen LogP contribution >= 0.6 is 0 Å². The first-order valence-corrected chi connectivity index (χ1v) is 12.0. The van der Waals surface area contributed by atoms with Crippen LogP contribution in [0.1, 0.15) is 0 Å². The number of nitrogens with zero attached hydrogens (tertiary/aromatic N) is 5. The first-order chi connectivity index (χ1) is 15.3. The van der Waals surface area contributed by atoms with E-state index in [1.807, 2.05) is 4.90 Å². The predicted octanol–water partition coefficient (Wildman–Crippen LogP) is 0.106. The number of hydrogen-bond acceptors (Lipinski definition) is 10. The van der Waals surface area contributed by atoms with Crippen LogP contribution < -0.4 is 20.9 Å². The number of aromatic nitrogens is 3. The summed E-state index contributed by atoms with van der Waals surface area (Å²) in [6, 6.07) is 3.96. The highest BCUT2D eigenvalue weighted by atomic mass is 32.2. The van der Waals surface area contributed by atoms with Crippen molar-refractivity contribution in [3.63, 3.8) is 0 Å². The summed E-state index contributed by atoms with van der Waals surface area (Å²) in [7, 11) is -3.75. The van der Waals surface area contributed by atoms with E-state index < -0.39 is 15.9 Å². The highest BCUT2D eigenvalue weighted by Gasteiger charge is 2.24. The molecule has 0 atom stereocenters. The molecule has 2 aromatic heterocycles. The predicted molar refractivity (Wildman–Crippen MR) is 118 cm³/mol. The van der Waals surface area contributed by atoms with Crippen molar-refractivity contribution in [1.82, 2.24) is 15.0 Å². The van der Waals surface area contributed by atoms with Crippen LogP contribution in [0.3, 0.4) is 0 Å². The van der Waals surface area contributed by atoms with Gasteiger partial charge < -0.3 is 25.0 Å². The van der Waals surface area contributed by atoms with Gasteiger partial charge in [0.25, 0.3) is 0 Å². The monoisotopic (exact) mass is 463 g/mol. The average molecular weight is 464 g/mol. The van der Waals surface area contributed by atoms with Gasteiger partial charge in [-0.25, -0.2) is 23.2 Å². The number of primary amides is 1. The van der Waals surface area contributed by atoms with Gasteiger partial charge in [-0.05, 0) is 12.1 Å². The maximum atomic E-state index is 12.5. The fraction of sp³-hybridized carbons (Fsp3) is 0.474. The number of nitrogens with one attached hydrogen (secondary N) is 1. The summed E-state index contributed by atoms with van der Waals surface area (Å²) in [6.07, 6.45) is 1.06. The summed E-state index contributed by atoms with van der Waals surface area (Å²) in [4.78, 5) is 28.8. The number of sulfone groups is 1. The fourth-order valence-electron chi connectivity index (χ4n) is 3.53. The third kappa shape index (κ3) is 5.06. The van der Waals surface area contributed by atoms with Gasteiger partial charge in [-0.15, -0.1) is 0 Å². The van der Waals surface area contributed by atoms with Gasteiger partial charge in [0.05, 0.1) is 32.1 Å². The normalized spacial score (nSPS) is 17.3. The number of rotatable bonds is 5. The number of morpholine rings is 2. The van der Waals surface area contributed by atoms with E-state index in [-0.39, 0.29) is 10.8 Å². The maximum Gasteiger partial charge on any atom is 0.317 e. The number of pyridine rings is 1. The number of ether oxygens (including phenoxy) is 2. The molecular weight excluding hydrogens is 438 g/mol. The molecule has 0 saturated carbocycles. The van der Waals surface area contributed by atoms with E-state index in [1.165, 1.54) is 6.07 Å². The summed E-state index contributed by atoms with van der Waals surface area (Å²) in [6.45, 7) is 4.87. The van der Waals surface area contributed by atoms with Crippen molar-refractivity contribution in [1.29, 1.82) is 0 Å².